The van der Waals surface area contributed by atoms with Crippen LogP contribution in [0.2, 0.25) is 0 Å². The van der Waals surface area contributed by atoms with Crippen molar-refractivity contribution < 1.29 is 9.47 Å². The third-order valence-corrected chi connectivity index (χ3v) is 2.76. The van der Waals surface area contributed by atoms with Crippen molar-refractivity contribution in [1.29, 1.82) is 0 Å². The van der Waals surface area contributed by atoms with Gasteiger partial charge in [-0.2, -0.15) is 0 Å². The molecule has 0 unspecified atom stereocenters. The molecule has 94 valence electrons. The molecule has 1 heterocycles. The molecule has 0 fully saturated rings. The van der Waals surface area contributed by atoms with Crippen molar-refractivity contribution in [1.82, 2.24) is 4.98 Å². The predicted octanol–water partition coefficient (Wildman–Crippen LogP) is 3.41. The predicted molar refractivity (Wildman–Crippen MR) is 71.1 cm³/mol. The summed E-state index contributed by atoms with van der Waals surface area (Å²) in [6.07, 6.45) is 1.64. The van der Waals surface area contributed by atoms with Gasteiger partial charge in [0.05, 0.1) is 24.9 Å². The second kappa shape index (κ2) is 6.26. The lowest BCUT2D eigenvalue weighted by Gasteiger charge is -2.11. The van der Waals surface area contributed by atoms with Gasteiger partial charge < -0.3 is 9.47 Å². The normalized spacial score (nSPS) is 10.1. The van der Waals surface area contributed by atoms with E-state index in [1.54, 1.807) is 19.4 Å². The highest BCUT2D eigenvalue weighted by Gasteiger charge is 2.06. The third kappa shape index (κ3) is 3.14. The fourth-order valence-corrected chi connectivity index (χ4v) is 1.69. The minimum absolute atomic E-state index is 0.356. The van der Waals surface area contributed by atoms with E-state index in [0.717, 1.165) is 11.3 Å². The number of rotatable bonds is 5. The van der Waals surface area contributed by atoms with Gasteiger partial charge in [0.25, 0.3) is 0 Å². The molecule has 3 nitrogen and oxygen atoms in total. The molecule has 0 aliphatic heterocycles. The van der Waals surface area contributed by atoms with Crippen LogP contribution in [0.25, 0.3) is 0 Å². The van der Waals surface area contributed by atoms with Gasteiger partial charge in [0.1, 0.15) is 6.61 Å². The molecule has 0 amide bonds. The van der Waals surface area contributed by atoms with E-state index in [-0.39, 0.29) is 0 Å². The summed E-state index contributed by atoms with van der Waals surface area (Å²) in [6.45, 7) is 0.485. The summed E-state index contributed by atoms with van der Waals surface area (Å²) in [6, 6.07) is 11.7. The third-order valence-electron chi connectivity index (χ3n) is 2.48. The molecule has 0 spiro atoms. The van der Waals surface area contributed by atoms with Crippen LogP contribution in [0.1, 0.15) is 11.3 Å². The maximum Gasteiger partial charge on any atom is 0.179 e. The summed E-state index contributed by atoms with van der Waals surface area (Å²) in [5, 5.41) is 0. The van der Waals surface area contributed by atoms with Crippen molar-refractivity contribution >= 4 is 11.6 Å². The number of nitrogens with zero attached hydrogens (tertiary/aromatic N) is 1. The highest BCUT2D eigenvalue weighted by Crippen LogP contribution is 2.27. The molecule has 0 atom stereocenters. The number of aromatic nitrogens is 1. The van der Waals surface area contributed by atoms with Crippen LogP contribution in [0.5, 0.6) is 11.5 Å². The molecule has 0 bridgehead atoms. The number of halogens is 1. The number of hydrogen-bond acceptors (Lipinski definition) is 3. The maximum atomic E-state index is 5.72. The molecule has 0 saturated heterocycles. The van der Waals surface area contributed by atoms with Gasteiger partial charge in [-0.15, -0.1) is 11.6 Å². The van der Waals surface area contributed by atoms with Gasteiger partial charge in [-0.1, -0.05) is 30.3 Å². The molecule has 2 aromatic rings. The van der Waals surface area contributed by atoms with Gasteiger partial charge in [0.15, 0.2) is 11.5 Å². The van der Waals surface area contributed by atoms with Crippen LogP contribution in [0.3, 0.4) is 0 Å². The number of alkyl halides is 1. The molecule has 0 radical (unpaired) electrons. The van der Waals surface area contributed by atoms with E-state index in [1.807, 2.05) is 30.3 Å². The monoisotopic (exact) mass is 263 g/mol. The van der Waals surface area contributed by atoms with E-state index in [9.17, 15) is 0 Å². The van der Waals surface area contributed by atoms with Gasteiger partial charge in [-0.3, -0.25) is 4.98 Å². The molecule has 4 heteroatoms. The molecule has 0 N–H and O–H groups in total. The first-order valence-corrected chi connectivity index (χ1v) is 6.12. The standard InChI is InChI=1S/C14H14ClNO2/c1-17-13-7-12(8-15)16-9-14(13)18-10-11-5-3-2-4-6-11/h2-7,9H,8,10H2,1H3. The Bertz CT molecular complexity index is 502. The number of ether oxygens (including phenoxy) is 2. The smallest absolute Gasteiger partial charge is 0.179 e. The lowest BCUT2D eigenvalue weighted by molar-refractivity contribution is 0.283. The number of pyridine rings is 1. The maximum absolute atomic E-state index is 5.72. The van der Waals surface area contributed by atoms with Crippen molar-refractivity contribution in [3.05, 3.63) is 53.9 Å². The number of hydrogen-bond donors (Lipinski definition) is 0. The second-order valence-corrected chi connectivity index (χ2v) is 4.00. The zero-order chi connectivity index (χ0) is 12.8. The molecule has 2 rings (SSSR count). The quantitative estimate of drug-likeness (QED) is 0.775. The Morgan fingerprint density at radius 2 is 1.94 bits per heavy atom. The van der Waals surface area contributed by atoms with Gasteiger partial charge in [0, 0.05) is 6.07 Å². The van der Waals surface area contributed by atoms with E-state index in [0.29, 0.717) is 24.0 Å². The SMILES string of the molecule is COc1cc(CCl)ncc1OCc1ccccc1. The van der Waals surface area contributed by atoms with Crippen LogP contribution in [0.15, 0.2) is 42.6 Å². The Labute approximate surface area is 111 Å². The number of methoxy groups -OCH3 is 1. The van der Waals surface area contributed by atoms with Crippen molar-refractivity contribution in [3.8, 4) is 11.5 Å². The highest BCUT2D eigenvalue weighted by molar-refractivity contribution is 6.16. The van der Waals surface area contributed by atoms with E-state index < -0.39 is 0 Å². The molecular formula is C14H14ClNO2. The zero-order valence-electron chi connectivity index (χ0n) is 10.1. The lowest BCUT2D eigenvalue weighted by Crippen LogP contribution is -1.99. The molecule has 0 aliphatic rings. The average molecular weight is 264 g/mol. The Hall–Kier alpha value is -1.74. The largest absolute Gasteiger partial charge is 0.493 e. The van der Waals surface area contributed by atoms with Crippen LogP contribution < -0.4 is 9.47 Å². The first-order chi connectivity index (χ1) is 8.83. The highest BCUT2D eigenvalue weighted by atomic mass is 35.5. The summed E-state index contributed by atoms with van der Waals surface area (Å²) < 4.78 is 10.9. The first kappa shape index (κ1) is 12.7. The van der Waals surface area contributed by atoms with E-state index >= 15 is 0 Å². The summed E-state index contributed by atoms with van der Waals surface area (Å²) in [5.41, 5.74) is 1.86. The fourth-order valence-electron chi connectivity index (χ4n) is 1.54. The van der Waals surface area contributed by atoms with Crippen molar-refractivity contribution in [2.24, 2.45) is 0 Å². The minimum atomic E-state index is 0.356. The second-order valence-electron chi connectivity index (χ2n) is 3.73. The summed E-state index contributed by atoms with van der Waals surface area (Å²) in [5.74, 6) is 1.63. The first-order valence-electron chi connectivity index (χ1n) is 5.59. The molecule has 18 heavy (non-hydrogen) atoms. The van der Waals surface area contributed by atoms with Gasteiger partial charge >= 0.3 is 0 Å². The van der Waals surface area contributed by atoms with Crippen LogP contribution in [-0.2, 0) is 12.5 Å². The van der Waals surface area contributed by atoms with Crippen molar-refractivity contribution in [2.75, 3.05) is 7.11 Å². The average Bonchev–Trinajstić information content (AvgIpc) is 2.46. The topological polar surface area (TPSA) is 31.4 Å². The van der Waals surface area contributed by atoms with Crippen LogP contribution >= 0.6 is 11.6 Å². The van der Waals surface area contributed by atoms with Crippen molar-refractivity contribution in [3.63, 3.8) is 0 Å². The number of benzene rings is 1. The van der Waals surface area contributed by atoms with Gasteiger partial charge in [-0.25, -0.2) is 0 Å². The minimum Gasteiger partial charge on any atom is -0.493 e. The van der Waals surface area contributed by atoms with E-state index in [1.165, 1.54) is 0 Å². The van der Waals surface area contributed by atoms with Crippen LogP contribution in [0, 0.1) is 0 Å². The van der Waals surface area contributed by atoms with E-state index in [4.69, 9.17) is 21.1 Å². The van der Waals surface area contributed by atoms with Crippen LogP contribution in [0.4, 0.5) is 0 Å². The Balaban J connectivity index is 2.09. The summed E-state index contributed by atoms with van der Waals surface area (Å²) >= 11 is 5.72. The van der Waals surface area contributed by atoms with Gasteiger partial charge in [0.2, 0.25) is 0 Å². The zero-order valence-corrected chi connectivity index (χ0v) is 10.9. The molecule has 0 aliphatic carbocycles. The van der Waals surface area contributed by atoms with Crippen molar-refractivity contribution in [2.45, 2.75) is 12.5 Å². The summed E-state index contributed by atoms with van der Waals surface area (Å²) in [4.78, 5) is 4.18. The Kier molecular flexibility index (Phi) is 4.42. The Morgan fingerprint density at radius 3 is 2.61 bits per heavy atom. The molecular weight excluding hydrogens is 250 g/mol. The lowest BCUT2D eigenvalue weighted by atomic mass is 10.2. The molecule has 1 aromatic heterocycles. The van der Waals surface area contributed by atoms with Crippen LogP contribution in [-0.4, -0.2) is 12.1 Å². The fraction of sp³-hybridized carbons (Fsp3) is 0.214. The van der Waals surface area contributed by atoms with Gasteiger partial charge in [-0.05, 0) is 5.56 Å². The molecule has 0 saturated carbocycles. The molecule has 1 aromatic carbocycles. The van der Waals surface area contributed by atoms with E-state index in [2.05, 4.69) is 4.98 Å². The summed E-state index contributed by atoms with van der Waals surface area (Å²) in [7, 11) is 1.60. The Morgan fingerprint density at radius 1 is 1.17 bits per heavy atom.